The van der Waals surface area contributed by atoms with Gasteiger partial charge in [0.25, 0.3) is 0 Å². The first-order chi connectivity index (χ1) is 8.37. The Morgan fingerprint density at radius 2 is 2.06 bits per heavy atom. The fraction of sp³-hybridized carbons (Fsp3) is 0.923. The summed E-state index contributed by atoms with van der Waals surface area (Å²) in [5.41, 5.74) is -0.418. The lowest BCUT2D eigenvalue weighted by Gasteiger charge is -2.47. The highest BCUT2D eigenvalue weighted by molar-refractivity contribution is 5.68. The minimum Gasteiger partial charge on any atom is -0.444 e. The summed E-state index contributed by atoms with van der Waals surface area (Å²) in [6.07, 6.45) is -0.180. The van der Waals surface area contributed by atoms with Gasteiger partial charge >= 0.3 is 6.09 Å². The third-order valence-electron chi connectivity index (χ3n) is 3.54. The molecular formula is C13H25N3O2. The molecule has 2 rings (SSSR count). The summed E-state index contributed by atoms with van der Waals surface area (Å²) in [5.74, 6) is 0. The van der Waals surface area contributed by atoms with E-state index in [1.54, 1.807) is 0 Å². The highest BCUT2D eigenvalue weighted by Crippen LogP contribution is 2.19. The number of carbonyl (C=O) groups is 1. The molecule has 5 heteroatoms. The summed E-state index contributed by atoms with van der Waals surface area (Å²) in [7, 11) is 0. The monoisotopic (exact) mass is 255 g/mol. The SMILES string of the molecule is CC1CN2CCNCC2CN1C(=O)OC(C)(C)C. The maximum atomic E-state index is 12.2. The van der Waals surface area contributed by atoms with Crippen LogP contribution < -0.4 is 5.32 Å². The van der Waals surface area contributed by atoms with Gasteiger partial charge < -0.3 is 15.0 Å². The van der Waals surface area contributed by atoms with E-state index in [0.717, 1.165) is 32.7 Å². The topological polar surface area (TPSA) is 44.8 Å². The van der Waals surface area contributed by atoms with Crippen molar-refractivity contribution >= 4 is 6.09 Å². The summed E-state index contributed by atoms with van der Waals surface area (Å²) < 4.78 is 5.48. The summed E-state index contributed by atoms with van der Waals surface area (Å²) in [6, 6.07) is 0.664. The Balaban J connectivity index is 1.98. The quantitative estimate of drug-likeness (QED) is 0.698. The van der Waals surface area contributed by atoms with Crippen LogP contribution in [0.1, 0.15) is 27.7 Å². The lowest BCUT2D eigenvalue weighted by molar-refractivity contribution is -0.0168. The number of amides is 1. The molecule has 2 aliphatic heterocycles. The first-order valence-electron chi connectivity index (χ1n) is 6.81. The highest BCUT2D eigenvalue weighted by Gasteiger charge is 2.36. The van der Waals surface area contributed by atoms with Gasteiger partial charge in [-0.1, -0.05) is 0 Å². The zero-order chi connectivity index (χ0) is 13.3. The van der Waals surface area contributed by atoms with Crippen molar-refractivity contribution in [1.29, 1.82) is 0 Å². The van der Waals surface area contributed by atoms with Crippen molar-refractivity contribution in [1.82, 2.24) is 15.1 Å². The zero-order valence-electron chi connectivity index (χ0n) is 11.9. The van der Waals surface area contributed by atoms with Crippen LogP contribution in [-0.4, -0.2) is 66.3 Å². The van der Waals surface area contributed by atoms with Crippen LogP contribution in [0.3, 0.4) is 0 Å². The number of nitrogens with one attached hydrogen (secondary N) is 1. The molecule has 0 aromatic carbocycles. The molecule has 1 N–H and O–H groups in total. The maximum absolute atomic E-state index is 12.2. The molecule has 2 fully saturated rings. The maximum Gasteiger partial charge on any atom is 0.410 e. The summed E-state index contributed by atoms with van der Waals surface area (Å²) in [4.78, 5) is 16.5. The Morgan fingerprint density at radius 1 is 1.33 bits per heavy atom. The van der Waals surface area contributed by atoms with E-state index in [2.05, 4.69) is 17.1 Å². The number of hydrogen-bond donors (Lipinski definition) is 1. The van der Waals surface area contributed by atoms with Gasteiger partial charge in [-0.05, 0) is 27.7 Å². The molecule has 2 unspecified atom stereocenters. The number of rotatable bonds is 0. The van der Waals surface area contributed by atoms with E-state index < -0.39 is 5.60 Å². The van der Waals surface area contributed by atoms with Gasteiger partial charge in [0.05, 0.1) is 0 Å². The molecule has 0 bridgehead atoms. The molecule has 2 atom stereocenters. The Hall–Kier alpha value is -0.810. The highest BCUT2D eigenvalue weighted by atomic mass is 16.6. The molecule has 0 saturated carbocycles. The molecule has 2 saturated heterocycles. The minimum absolute atomic E-state index is 0.180. The molecule has 5 nitrogen and oxygen atoms in total. The van der Waals surface area contributed by atoms with Crippen molar-refractivity contribution in [2.75, 3.05) is 32.7 Å². The van der Waals surface area contributed by atoms with E-state index in [4.69, 9.17) is 4.74 Å². The van der Waals surface area contributed by atoms with Crippen LogP contribution in [-0.2, 0) is 4.74 Å². The second kappa shape index (κ2) is 5.05. The average Bonchev–Trinajstić information content (AvgIpc) is 2.25. The van der Waals surface area contributed by atoms with Gasteiger partial charge in [0.1, 0.15) is 5.60 Å². The lowest BCUT2D eigenvalue weighted by atomic mass is 10.1. The van der Waals surface area contributed by atoms with E-state index in [0.29, 0.717) is 6.04 Å². The van der Waals surface area contributed by atoms with Crippen LogP contribution >= 0.6 is 0 Å². The fourth-order valence-electron chi connectivity index (χ4n) is 2.64. The van der Waals surface area contributed by atoms with Gasteiger partial charge in [-0.25, -0.2) is 4.79 Å². The van der Waals surface area contributed by atoms with Gasteiger partial charge in [-0.15, -0.1) is 0 Å². The minimum atomic E-state index is -0.418. The predicted molar refractivity (Wildman–Crippen MR) is 70.6 cm³/mol. The van der Waals surface area contributed by atoms with Crippen molar-refractivity contribution in [3.63, 3.8) is 0 Å². The van der Waals surface area contributed by atoms with E-state index >= 15 is 0 Å². The molecule has 0 aliphatic carbocycles. The molecule has 104 valence electrons. The predicted octanol–water partition coefficient (Wildman–Crippen LogP) is 0.899. The second-order valence-corrected chi connectivity index (χ2v) is 6.33. The first kappa shape index (κ1) is 13.6. The number of piperazine rings is 2. The molecule has 2 heterocycles. The molecule has 0 radical (unpaired) electrons. The molecule has 2 aliphatic rings. The van der Waals surface area contributed by atoms with Crippen molar-refractivity contribution in [2.24, 2.45) is 0 Å². The molecule has 1 amide bonds. The summed E-state index contributed by atoms with van der Waals surface area (Å²) in [6.45, 7) is 12.6. The Morgan fingerprint density at radius 3 is 2.72 bits per heavy atom. The van der Waals surface area contributed by atoms with E-state index in [9.17, 15) is 4.79 Å². The van der Waals surface area contributed by atoms with E-state index in [1.165, 1.54) is 0 Å². The number of ether oxygens (including phenoxy) is 1. The molecule has 0 aromatic rings. The Bertz CT molecular complexity index is 314. The van der Waals surface area contributed by atoms with E-state index in [-0.39, 0.29) is 12.1 Å². The number of nitrogens with zero attached hydrogens (tertiary/aromatic N) is 2. The normalized spacial score (nSPS) is 29.9. The largest absolute Gasteiger partial charge is 0.444 e. The van der Waals surface area contributed by atoms with Crippen LogP contribution in [0.15, 0.2) is 0 Å². The average molecular weight is 255 g/mol. The van der Waals surface area contributed by atoms with Gasteiger partial charge in [-0.2, -0.15) is 0 Å². The van der Waals surface area contributed by atoms with Gasteiger partial charge in [-0.3, -0.25) is 4.90 Å². The van der Waals surface area contributed by atoms with Crippen LogP contribution in [0.25, 0.3) is 0 Å². The standard InChI is InChI=1S/C13H25N3O2/c1-10-8-15-6-5-14-7-11(15)9-16(10)12(17)18-13(2,3)4/h10-11,14H,5-9H2,1-4H3. The second-order valence-electron chi connectivity index (χ2n) is 6.33. The van der Waals surface area contributed by atoms with Crippen molar-refractivity contribution in [3.8, 4) is 0 Å². The number of carbonyl (C=O) groups excluding carboxylic acids is 1. The van der Waals surface area contributed by atoms with Gasteiger partial charge in [0, 0.05) is 44.8 Å². The van der Waals surface area contributed by atoms with Crippen molar-refractivity contribution in [3.05, 3.63) is 0 Å². The summed E-state index contributed by atoms with van der Waals surface area (Å²) in [5, 5.41) is 3.39. The smallest absolute Gasteiger partial charge is 0.410 e. The van der Waals surface area contributed by atoms with Gasteiger partial charge in [0.2, 0.25) is 0 Å². The van der Waals surface area contributed by atoms with Crippen molar-refractivity contribution in [2.45, 2.75) is 45.4 Å². The fourth-order valence-corrected chi connectivity index (χ4v) is 2.64. The van der Waals surface area contributed by atoms with Crippen LogP contribution in [0, 0.1) is 0 Å². The third kappa shape index (κ3) is 3.14. The molecule has 0 aromatic heterocycles. The third-order valence-corrected chi connectivity index (χ3v) is 3.54. The molecule has 0 spiro atoms. The van der Waals surface area contributed by atoms with Crippen LogP contribution in [0.4, 0.5) is 4.79 Å². The molecular weight excluding hydrogens is 230 g/mol. The summed E-state index contributed by atoms with van der Waals surface area (Å²) >= 11 is 0. The number of hydrogen-bond acceptors (Lipinski definition) is 4. The van der Waals surface area contributed by atoms with Crippen molar-refractivity contribution < 1.29 is 9.53 Å². The number of fused-ring (bicyclic) bond motifs is 1. The first-order valence-corrected chi connectivity index (χ1v) is 6.81. The van der Waals surface area contributed by atoms with E-state index in [1.807, 2.05) is 25.7 Å². The Kier molecular flexibility index (Phi) is 3.82. The lowest BCUT2D eigenvalue weighted by Crippen LogP contribution is -2.65. The Labute approximate surface area is 109 Å². The van der Waals surface area contributed by atoms with Gasteiger partial charge in [0.15, 0.2) is 0 Å². The molecule has 18 heavy (non-hydrogen) atoms. The van der Waals surface area contributed by atoms with Crippen LogP contribution in [0.2, 0.25) is 0 Å². The van der Waals surface area contributed by atoms with Crippen LogP contribution in [0.5, 0.6) is 0 Å². The zero-order valence-corrected chi connectivity index (χ0v) is 11.9.